The van der Waals surface area contributed by atoms with E-state index in [4.69, 9.17) is 21.1 Å². The predicted octanol–water partition coefficient (Wildman–Crippen LogP) is 2.35. The lowest BCUT2D eigenvalue weighted by molar-refractivity contribution is -0.152. The molecular formula is C19H20ClN3O5. The highest BCUT2D eigenvalue weighted by Gasteiger charge is 2.20. The zero-order valence-electron chi connectivity index (χ0n) is 15.6. The molecule has 8 nitrogen and oxygen atoms in total. The number of methoxy groups -OCH3 is 1. The maximum Gasteiger partial charge on any atom is 0.326 e. The van der Waals surface area contributed by atoms with Gasteiger partial charge in [-0.3, -0.25) is 19.4 Å². The first-order valence-corrected chi connectivity index (χ1v) is 8.72. The Labute approximate surface area is 167 Å². The highest BCUT2D eigenvalue weighted by atomic mass is 35.5. The van der Waals surface area contributed by atoms with Gasteiger partial charge in [-0.15, -0.1) is 0 Å². The Hall–Kier alpha value is -3.13. The lowest BCUT2D eigenvalue weighted by Gasteiger charge is -2.15. The van der Waals surface area contributed by atoms with Crippen molar-refractivity contribution in [3.8, 4) is 5.75 Å². The molecule has 0 unspecified atom stereocenters. The first-order valence-electron chi connectivity index (χ1n) is 8.35. The zero-order valence-corrected chi connectivity index (χ0v) is 16.4. The van der Waals surface area contributed by atoms with Gasteiger partial charge in [0.1, 0.15) is 18.0 Å². The monoisotopic (exact) mass is 405 g/mol. The molecule has 0 aliphatic carbocycles. The number of pyridine rings is 1. The Morgan fingerprint density at radius 2 is 1.96 bits per heavy atom. The van der Waals surface area contributed by atoms with Gasteiger partial charge in [-0.05, 0) is 43.7 Å². The molecule has 0 saturated carbocycles. The molecule has 0 fully saturated rings. The molecule has 1 heterocycles. The third kappa shape index (κ3) is 5.95. The van der Waals surface area contributed by atoms with E-state index in [1.807, 2.05) is 13.0 Å². The molecule has 0 spiro atoms. The van der Waals surface area contributed by atoms with Gasteiger partial charge in [0.2, 0.25) is 0 Å². The van der Waals surface area contributed by atoms with E-state index in [2.05, 4.69) is 15.6 Å². The summed E-state index contributed by atoms with van der Waals surface area (Å²) in [7, 11) is 1.49. The second-order valence-corrected chi connectivity index (χ2v) is 6.30. The number of ether oxygens (including phenoxy) is 2. The number of nitrogens with zero attached hydrogens (tertiary/aromatic N) is 1. The summed E-state index contributed by atoms with van der Waals surface area (Å²) in [6, 6.07) is 8.20. The van der Waals surface area contributed by atoms with Crippen molar-refractivity contribution in [3.63, 3.8) is 0 Å². The molecule has 2 amide bonds. The summed E-state index contributed by atoms with van der Waals surface area (Å²) in [5.41, 5.74) is 1.46. The van der Waals surface area contributed by atoms with E-state index in [1.54, 1.807) is 12.1 Å². The molecule has 0 aliphatic heterocycles. The van der Waals surface area contributed by atoms with Crippen LogP contribution in [0.4, 0.5) is 5.69 Å². The largest absolute Gasteiger partial charge is 0.495 e. The molecule has 1 aromatic heterocycles. The minimum absolute atomic E-state index is 0.0673. The number of nitrogens with one attached hydrogen (secondary N) is 2. The minimum atomic E-state index is -1.07. The summed E-state index contributed by atoms with van der Waals surface area (Å²) in [4.78, 5) is 40.0. The summed E-state index contributed by atoms with van der Waals surface area (Å²) >= 11 is 5.79. The number of carbonyl (C=O) groups is 3. The second kappa shape index (κ2) is 9.70. The van der Waals surface area contributed by atoms with E-state index in [1.165, 1.54) is 32.4 Å². The lowest BCUT2D eigenvalue weighted by Crippen LogP contribution is -2.36. The van der Waals surface area contributed by atoms with Gasteiger partial charge in [-0.2, -0.15) is 0 Å². The topological polar surface area (TPSA) is 107 Å². The van der Waals surface area contributed by atoms with Crippen molar-refractivity contribution >= 4 is 35.1 Å². The van der Waals surface area contributed by atoms with Crippen LogP contribution in [0, 0.1) is 6.92 Å². The van der Waals surface area contributed by atoms with E-state index in [0.29, 0.717) is 16.5 Å². The Kier molecular flexibility index (Phi) is 7.34. The molecular weight excluding hydrogens is 386 g/mol. The van der Waals surface area contributed by atoms with Crippen molar-refractivity contribution in [2.75, 3.05) is 19.0 Å². The first-order chi connectivity index (χ1) is 13.3. The fraction of sp³-hybridized carbons (Fsp3) is 0.263. The number of halogens is 1. The standard InChI is InChI=1S/C19H20ClN3O5/c1-11-4-5-16(27-3)14(8-11)23-18(25)12(2)28-17(24)10-22-19(26)15-9-13(20)6-7-21-15/h4-9,12H,10H2,1-3H3,(H,22,26)(H,23,25)/t12-/m1/s1. The Bertz CT molecular complexity index is 888. The number of carbonyl (C=O) groups excluding carboxylic acids is 3. The van der Waals surface area contributed by atoms with E-state index in [-0.39, 0.29) is 5.69 Å². The van der Waals surface area contributed by atoms with Crippen LogP contribution in [0.1, 0.15) is 23.0 Å². The van der Waals surface area contributed by atoms with E-state index >= 15 is 0 Å². The molecule has 9 heteroatoms. The van der Waals surface area contributed by atoms with Gasteiger partial charge in [-0.1, -0.05) is 17.7 Å². The SMILES string of the molecule is COc1ccc(C)cc1NC(=O)[C@@H](C)OC(=O)CNC(=O)c1cc(Cl)ccn1. The van der Waals surface area contributed by atoms with Crippen LogP contribution in [0.2, 0.25) is 5.02 Å². The van der Waals surface area contributed by atoms with Crippen molar-refractivity contribution in [2.45, 2.75) is 20.0 Å². The van der Waals surface area contributed by atoms with Crippen molar-refractivity contribution in [1.82, 2.24) is 10.3 Å². The highest BCUT2D eigenvalue weighted by molar-refractivity contribution is 6.30. The fourth-order valence-electron chi connectivity index (χ4n) is 2.22. The van der Waals surface area contributed by atoms with Crippen LogP contribution >= 0.6 is 11.6 Å². The Balaban J connectivity index is 1.87. The van der Waals surface area contributed by atoms with E-state index in [9.17, 15) is 14.4 Å². The van der Waals surface area contributed by atoms with Crippen LogP contribution in [0.25, 0.3) is 0 Å². The average Bonchev–Trinajstić information content (AvgIpc) is 2.66. The van der Waals surface area contributed by atoms with Gasteiger partial charge < -0.3 is 20.1 Å². The predicted molar refractivity (Wildman–Crippen MR) is 103 cm³/mol. The van der Waals surface area contributed by atoms with Crippen molar-refractivity contribution in [2.24, 2.45) is 0 Å². The van der Waals surface area contributed by atoms with E-state index < -0.39 is 30.4 Å². The van der Waals surface area contributed by atoms with Crippen LogP contribution in [0.15, 0.2) is 36.5 Å². The maximum atomic E-state index is 12.3. The van der Waals surface area contributed by atoms with Gasteiger partial charge in [0.15, 0.2) is 6.10 Å². The van der Waals surface area contributed by atoms with Crippen LogP contribution in [-0.2, 0) is 14.3 Å². The number of aromatic nitrogens is 1. The maximum absolute atomic E-state index is 12.3. The summed E-state index contributed by atoms with van der Waals surface area (Å²) in [5.74, 6) is -1.39. The summed E-state index contributed by atoms with van der Waals surface area (Å²) in [6.45, 7) is 2.88. The van der Waals surface area contributed by atoms with Gasteiger partial charge in [0.25, 0.3) is 11.8 Å². The molecule has 148 valence electrons. The lowest BCUT2D eigenvalue weighted by atomic mass is 10.2. The molecule has 0 saturated heterocycles. The number of rotatable bonds is 7. The summed E-state index contributed by atoms with van der Waals surface area (Å²) in [6.07, 6.45) is 0.306. The molecule has 2 rings (SSSR count). The normalized spacial score (nSPS) is 11.3. The number of hydrogen-bond acceptors (Lipinski definition) is 6. The molecule has 2 aromatic rings. The van der Waals surface area contributed by atoms with Crippen LogP contribution in [-0.4, -0.2) is 42.5 Å². The number of aryl methyl sites for hydroxylation is 1. The molecule has 0 radical (unpaired) electrons. The smallest absolute Gasteiger partial charge is 0.326 e. The second-order valence-electron chi connectivity index (χ2n) is 5.87. The van der Waals surface area contributed by atoms with Crippen molar-refractivity contribution < 1.29 is 23.9 Å². The van der Waals surface area contributed by atoms with Crippen LogP contribution in [0.5, 0.6) is 5.75 Å². The van der Waals surface area contributed by atoms with Crippen molar-refractivity contribution in [1.29, 1.82) is 0 Å². The average molecular weight is 406 g/mol. The Morgan fingerprint density at radius 3 is 2.64 bits per heavy atom. The molecule has 1 aromatic carbocycles. The van der Waals surface area contributed by atoms with Gasteiger partial charge in [0, 0.05) is 11.2 Å². The summed E-state index contributed by atoms with van der Waals surface area (Å²) < 4.78 is 10.2. The third-order valence-corrected chi connectivity index (χ3v) is 3.87. The number of hydrogen-bond donors (Lipinski definition) is 2. The Morgan fingerprint density at radius 1 is 1.21 bits per heavy atom. The highest BCUT2D eigenvalue weighted by Crippen LogP contribution is 2.25. The fourth-order valence-corrected chi connectivity index (χ4v) is 2.38. The van der Waals surface area contributed by atoms with Crippen LogP contribution < -0.4 is 15.4 Å². The van der Waals surface area contributed by atoms with E-state index in [0.717, 1.165) is 5.56 Å². The minimum Gasteiger partial charge on any atom is -0.495 e. The molecule has 28 heavy (non-hydrogen) atoms. The number of esters is 1. The van der Waals surface area contributed by atoms with Crippen molar-refractivity contribution in [3.05, 3.63) is 52.8 Å². The first kappa shape index (κ1) is 21.2. The molecule has 0 bridgehead atoms. The number of benzene rings is 1. The summed E-state index contributed by atoms with van der Waals surface area (Å²) in [5, 5.41) is 5.36. The van der Waals surface area contributed by atoms with Crippen LogP contribution in [0.3, 0.4) is 0 Å². The third-order valence-electron chi connectivity index (χ3n) is 3.64. The molecule has 2 N–H and O–H groups in total. The van der Waals surface area contributed by atoms with Gasteiger partial charge >= 0.3 is 5.97 Å². The van der Waals surface area contributed by atoms with Gasteiger partial charge in [-0.25, -0.2) is 0 Å². The number of anilines is 1. The quantitative estimate of drug-likeness (QED) is 0.685. The molecule has 1 atom stereocenters. The molecule has 0 aliphatic rings. The number of amides is 2. The van der Waals surface area contributed by atoms with Gasteiger partial charge in [0.05, 0.1) is 12.8 Å². The zero-order chi connectivity index (χ0) is 20.7.